The molecule has 3 heterocycles. The van der Waals surface area contributed by atoms with E-state index in [1.54, 1.807) is 60.0 Å². The van der Waals surface area contributed by atoms with Gasteiger partial charge in [0.1, 0.15) is 95.7 Å². The van der Waals surface area contributed by atoms with Gasteiger partial charge in [0.15, 0.2) is 5.96 Å². The highest BCUT2D eigenvalue weighted by Crippen LogP contribution is 2.26. The summed E-state index contributed by atoms with van der Waals surface area (Å²) in [5, 5.41) is 97.3. The number of rotatable bonds is 59. The minimum absolute atomic E-state index is 0.0160. The number of carbonyl (C=O) groups excluding carboxylic acids is 18. The van der Waals surface area contributed by atoms with E-state index in [9.17, 15) is 112 Å². The Hall–Kier alpha value is -13.7. The third-order valence-electron chi connectivity index (χ3n) is 24.5. The van der Waals surface area contributed by atoms with Crippen LogP contribution in [0.1, 0.15) is 242 Å². The molecule has 818 valence electrons. The van der Waals surface area contributed by atoms with Crippen molar-refractivity contribution in [2.24, 2.45) is 52.3 Å². The minimum atomic E-state index is -2.20. The van der Waals surface area contributed by atoms with Crippen molar-refractivity contribution < 1.29 is 136 Å². The standard InChI is InChI=1S/C92H151N25O28S/c1-12-50(8)72-85(140)109-59(41-47(2)3)78(133)108-61(44-69(126)127)81(136)116-91(9,35-18-15-13-14-16-19-36-92(10,89(145)114-72)115-80(135)56(29-33-68(124)125)104-82(137)63-25-22-39-117(63)86(141)62(43-65(96)119)110-75(130)55(28-32-67(122)123)102-73(128)52(94)26-31-66(120)121)88(144)111-60(42-51-45-99-46-101-51)79(134)113-71(49(6)7)83(138)105-54(27-30-64(95)118)74(129)103-53(24-21-38-100-90(97)98)77(132)112-70(48(4)5)84(139)106-57(34-40-146-11)76(131)107-58(87(142)143)23-17-20-37-93/h13-14,45-50,52-63,70-72H,12,15-44,93-94H2,1-11H3,(H2,95,118)(H2,96,119)(H,99,101)(H,102,128)(H,103,129)(H,104,137)(H,105,138)(H,106,139)(H,107,131)(H,108,133)(H,109,140)(H,110,130)(H,111,144)(H,112,132)(H,113,134)(H,114,145)(H,115,135)(H,116,136)(H,120,121)(H,122,123)(H,124,125)(H,126,127)(H,142,143)(H4,97,98,100)/b14-13-/t50-,52-,53-,54-,55-,56-,57-,58-,59-,60-,61-,62-,63-,70-,71-,72-,91-,92-/m0/s1. The number of allylic oxidation sites excluding steroid dienone is 2. The summed E-state index contributed by atoms with van der Waals surface area (Å²) in [5.41, 5.74) is 24.0. The number of thioether (sulfide) groups is 1. The average Bonchev–Trinajstić information content (AvgIpc) is 1.41. The van der Waals surface area contributed by atoms with E-state index in [1.165, 1.54) is 52.0 Å². The van der Waals surface area contributed by atoms with Crippen LogP contribution in [0.5, 0.6) is 0 Å². The van der Waals surface area contributed by atoms with E-state index < -0.39 is 338 Å². The number of primary amides is 2. The van der Waals surface area contributed by atoms with Gasteiger partial charge in [-0.05, 0) is 178 Å². The lowest BCUT2D eigenvalue weighted by Crippen LogP contribution is -2.65. The molecular weight excluding hydrogens is 1940 g/mol. The summed E-state index contributed by atoms with van der Waals surface area (Å²) in [6.07, 6.45) is 0.278. The maximum absolute atomic E-state index is 15.5. The van der Waals surface area contributed by atoms with Crippen LogP contribution in [0.2, 0.25) is 0 Å². The molecule has 1 aromatic rings. The molecule has 1 aromatic heterocycles. The summed E-state index contributed by atoms with van der Waals surface area (Å²) in [6.45, 7) is 15.2. The molecule has 54 heteroatoms. The Labute approximate surface area is 849 Å². The number of hydrogen-bond acceptors (Lipinski definition) is 28. The first-order chi connectivity index (χ1) is 68.5. The molecule has 0 bridgehead atoms. The summed E-state index contributed by atoms with van der Waals surface area (Å²) in [7, 11) is 0. The number of carboxylic acids is 5. The fourth-order valence-corrected chi connectivity index (χ4v) is 16.3. The molecule has 0 unspecified atom stereocenters. The van der Waals surface area contributed by atoms with Crippen molar-refractivity contribution >= 4 is 154 Å². The zero-order valence-electron chi connectivity index (χ0n) is 84.5. The quantitative estimate of drug-likeness (QED) is 0.0126. The largest absolute Gasteiger partial charge is 0.481 e. The van der Waals surface area contributed by atoms with E-state index in [4.69, 9.17) is 39.2 Å². The van der Waals surface area contributed by atoms with Gasteiger partial charge in [0.25, 0.3) is 0 Å². The molecule has 0 radical (unpaired) electrons. The van der Waals surface area contributed by atoms with Crippen LogP contribution in [-0.4, -0.2) is 316 Å². The first-order valence-corrected chi connectivity index (χ1v) is 50.1. The van der Waals surface area contributed by atoms with Crippen LogP contribution < -0.4 is 114 Å². The zero-order valence-corrected chi connectivity index (χ0v) is 85.3. The van der Waals surface area contributed by atoms with Crippen molar-refractivity contribution in [3.63, 3.8) is 0 Å². The van der Waals surface area contributed by atoms with Gasteiger partial charge >= 0.3 is 29.8 Å². The van der Waals surface area contributed by atoms with Crippen LogP contribution >= 0.6 is 11.8 Å². The molecule has 3 rings (SSSR count). The number of H-pyrrole nitrogens is 1. The molecule has 0 aliphatic carbocycles. The zero-order chi connectivity index (χ0) is 110. The fourth-order valence-electron chi connectivity index (χ4n) is 15.8. The maximum atomic E-state index is 15.5. The molecule has 1 fully saturated rings. The van der Waals surface area contributed by atoms with Crippen LogP contribution in [0.15, 0.2) is 24.7 Å². The molecule has 18 amide bonds. The number of nitrogens with two attached hydrogens (primary N) is 5. The highest BCUT2D eigenvalue weighted by Gasteiger charge is 2.47. The van der Waals surface area contributed by atoms with Crippen LogP contribution in [0.4, 0.5) is 0 Å². The lowest BCUT2D eigenvalue weighted by Gasteiger charge is -2.35. The Morgan fingerprint density at radius 1 is 0.541 bits per heavy atom. The van der Waals surface area contributed by atoms with E-state index in [-0.39, 0.29) is 115 Å². The van der Waals surface area contributed by atoms with Gasteiger partial charge in [-0.25, -0.2) is 9.78 Å². The van der Waals surface area contributed by atoms with Crippen molar-refractivity contribution in [3.8, 4) is 0 Å². The van der Waals surface area contributed by atoms with E-state index >= 15 is 19.2 Å². The molecule has 0 aromatic carbocycles. The van der Waals surface area contributed by atoms with Gasteiger partial charge in [0.2, 0.25) is 106 Å². The number of carbonyl (C=O) groups is 23. The van der Waals surface area contributed by atoms with E-state index in [2.05, 4.69) is 95.0 Å². The summed E-state index contributed by atoms with van der Waals surface area (Å²) < 4.78 is 0. The molecule has 0 saturated carbocycles. The second-order valence-electron chi connectivity index (χ2n) is 37.9. The van der Waals surface area contributed by atoms with Crippen molar-refractivity contribution in [1.82, 2.24) is 99.9 Å². The predicted octanol–water partition coefficient (Wildman–Crippen LogP) is -4.92. The van der Waals surface area contributed by atoms with Gasteiger partial charge < -0.3 is 149 Å². The highest BCUT2D eigenvalue weighted by atomic mass is 32.2. The molecule has 2 aliphatic rings. The number of likely N-dealkylation sites (tertiary alicyclic amines) is 1. The third kappa shape index (κ3) is 44.9. The average molecular weight is 2090 g/mol. The Bertz CT molecular complexity index is 4720. The van der Waals surface area contributed by atoms with Gasteiger partial charge in [-0.15, -0.1) is 0 Å². The van der Waals surface area contributed by atoms with E-state index in [0.717, 1.165) is 4.90 Å². The second-order valence-corrected chi connectivity index (χ2v) is 38.9. The smallest absolute Gasteiger partial charge is 0.326 e. The summed E-state index contributed by atoms with van der Waals surface area (Å²) in [4.78, 5) is 327. The van der Waals surface area contributed by atoms with E-state index in [0.29, 0.717) is 18.6 Å². The summed E-state index contributed by atoms with van der Waals surface area (Å²) in [5.74, 6) is -29.4. The molecule has 2 aliphatic heterocycles. The topological polar surface area (TPSA) is 872 Å². The van der Waals surface area contributed by atoms with Gasteiger partial charge in [0, 0.05) is 57.1 Å². The number of imidazole rings is 1. The van der Waals surface area contributed by atoms with Crippen molar-refractivity contribution in [2.45, 2.75) is 344 Å². The Kier molecular flexibility index (Phi) is 55.0. The maximum Gasteiger partial charge on any atom is 0.326 e. The molecule has 1 saturated heterocycles. The monoisotopic (exact) mass is 2090 g/mol. The first kappa shape index (κ1) is 126. The summed E-state index contributed by atoms with van der Waals surface area (Å²) >= 11 is 1.33. The highest BCUT2D eigenvalue weighted by molar-refractivity contribution is 7.98. The molecule has 53 nitrogen and oxygen atoms in total. The van der Waals surface area contributed by atoms with Crippen LogP contribution in [0, 0.1) is 29.1 Å². The number of nitrogens with one attached hydrogen (secondary N) is 18. The fraction of sp³-hybridized carbons (Fsp3) is 0.685. The lowest BCUT2D eigenvalue weighted by atomic mass is 9.90. The Balaban J connectivity index is 2.16. The molecule has 33 N–H and O–H groups in total. The number of guanidine groups is 1. The molecule has 0 spiro atoms. The summed E-state index contributed by atoms with van der Waals surface area (Å²) in [6, 6.07) is -24.5. The van der Waals surface area contributed by atoms with Crippen molar-refractivity contribution in [2.75, 3.05) is 31.6 Å². The van der Waals surface area contributed by atoms with Gasteiger partial charge in [0.05, 0.1) is 25.2 Å². The lowest BCUT2D eigenvalue weighted by molar-refractivity contribution is -0.144. The van der Waals surface area contributed by atoms with E-state index in [1.807, 2.05) is 0 Å². The minimum Gasteiger partial charge on any atom is -0.481 e. The van der Waals surface area contributed by atoms with Crippen LogP contribution in [0.25, 0.3) is 0 Å². The van der Waals surface area contributed by atoms with Gasteiger partial charge in [-0.1, -0.05) is 74.0 Å². The molecule has 146 heavy (non-hydrogen) atoms. The number of aliphatic carboxylic acids is 5. The van der Waals surface area contributed by atoms with Crippen LogP contribution in [0.3, 0.4) is 0 Å². The Morgan fingerprint density at radius 2 is 1.04 bits per heavy atom. The number of amides is 18. The number of aromatic amines is 1. The SMILES string of the molecule is CC[C@H](C)[C@@H]1NC(=O)[C@@](C)(NC(=O)[C@H](CCC(=O)O)NC(=O)[C@@H]2CCCN2C(=O)[C@H](CC(N)=O)NC(=O)[C@H](CCC(=O)O)NC(=O)[C@@H](N)CCC(=O)O)CCC/C=C\CCC[C@@](C)(C(=O)N[C@@H](Cc2cnc[nH]2)C(=O)N[C@H](C(=O)N[C@@H](CCC(N)=O)C(=O)N[C@@H](CCCNC(=N)N)C(=O)N[C@H](C(=O)N[C@@H](CCSC)C(=O)N[C@@H](CCCCN)C(=O)O)C(C)C)C(C)C)NC(=O)[C@H](CC(=O)O)NC(=O)[C@H](CC(C)C)NC1=O. The predicted molar refractivity (Wildman–Crippen MR) is 526 cm³/mol. The number of unbranched alkanes of at least 4 members (excludes halogenated alkanes) is 1. The number of hydrogen-bond donors (Lipinski definition) is 28. The molecular formula is C92H151N25O28S. The van der Waals surface area contributed by atoms with Crippen molar-refractivity contribution in [1.29, 1.82) is 5.41 Å². The van der Waals surface area contributed by atoms with Gasteiger partial charge in [-0.3, -0.25) is 111 Å². The Morgan fingerprint density at radius 3 is 1.55 bits per heavy atom. The first-order valence-electron chi connectivity index (χ1n) is 48.7. The second kappa shape index (κ2) is 63.5. The third-order valence-corrected chi connectivity index (χ3v) is 25.1. The number of carboxylic acid groups (broad SMARTS) is 5. The number of nitrogens with zero attached hydrogens (tertiary/aromatic N) is 2. The normalized spacial score (nSPS) is 20.2. The van der Waals surface area contributed by atoms with Crippen molar-refractivity contribution in [3.05, 3.63) is 30.4 Å². The molecule has 18 atom stereocenters. The van der Waals surface area contributed by atoms with Gasteiger partial charge in [-0.2, -0.15) is 11.8 Å². The number of aromatic nitrogens is 2. The van der Waals surface area contributed by atoms with Crippen LogP contribution in [-0.2, 0) is 117 Å².